The van der Waals surface area contributed by atoms with E-state index in [1.165, 1.54) is 11.1 Å². The smallest absolute Gasteiger partial charge is 0.127 e. The second-order valence-corrected chi connectivity index (χ2v) is 5.22. The fraction of sp³-hybridized carbons (Fsp3) is 0.500. The third kappa shape index (κ3) is 1.68. The highest BCUT2D eigenvalue weighted by Gasteiger charge is 2.44. The van der Waals surface area contributed by atoms with Crippen molar-refractivity contribution in [2.75, 3.05) is 7.11 Å². The molecule has 2 rings (SSSR count). The number of halogens is 1. The first-order valence-electron chi connectivity index (χ1n) is 5.12. The highest BCUT2D eigenvalue weighted by molar-refractivity contribution is 9.10. The Bertz CT molecular complexity index is 411. The summed E-state index contributed by atoms with van der Waals surface area (Å²) >= 11 is 3.57. The summed E-state index contributed by atoms with van der Waals surface area (Å²) in [6.45, 7) is 4.15. The van der Waals surface area contributed by atoms with Gasteiger partial charge in [0.25, 0.3) is 0 Å². The zero-order chi connectivity index (χ0) is 11.2. The first-order chi connectivity index (χ1) is 6.99. The van der Waals surface area contributed by atoms with Crippen molar-refractivity contribution in [2.24, 2.45) is 5.73 Å². The maximum absolute atomic E-state index is 6.28. The molecule has 0 saturated heterocycles. The molecule has 1 fully saturated rings. The van der Waals surface area contributed by atoms with Crippen LogP contribution in [0.5, 0.6) is 5.75 Å². The standard InChI is InChI=1S/C12H16BrNO/c1-7-6-9(13)8(2)10(11(7)15-3)12(14)4-5-12/h6H,4-5,14H2,1-3H3. The molecule has 0 heterocycles. The summed E-state index contributed by atoms with van der Waals surface area (Å²) < 4.78 is 6.60. The van der Waals surface area contributed by atoms with Crippen LogP contribution in [0.15, 0.2) is 10.5 Å². The predicted octanol–water partition coefficient (Wildman–Crippen LogP) is 3.02. The van der Waals surface area contributed by atoms with E-state index in [9.17, 15) is 0 Å². The maximum atomic E-state index is 6.28. The summed E-state index contributed by atoms with van der Waals surface area (Å²) in [5, 5.41) is 0. The molecule has 82 valence electrons. The Morgan fingerprint density at radius 3 is 2.47 bits per heavy atom. The molecule has 0 amide bonds. The highest BCUT2D eigenvalue weighted by atomic mass is 79.9. The molecule has 15 heavy (non-hydrogen) atoms. The van der Waals surface area contributed by atoms with Crippen molar-refractivity contribution in [3.63, 3.8) is 0 Å². The van der Waals surface area contributed by atoms with E-state index < -0.39 is 0 Å². The van der Waals surface area contributed by atoms with Gasteiger partial charge in [-0.1, -0.05) is 15.9 Å². The van der Waals surface area contributed by atoms with E-state index >= 15 is 0 Å². The molecular weight excluding hydrogens is 254 g/mol. The molecule has 3 heteroatoms. The van der Waals surface area contributed by atoms with Crippen molar-refractivity contribution in [1.82, 2.24) is 0 Å². The number of rotatable bonds is 2. The quantitative estimate of drug-likeness (QED) is 0.896. The predicted molar refractivity (Wildman–Crippen MR) is 65.3 cm³/mol. The number of nitrogens with two attached hydrogens (primary N) is 1. The van der Waals surface area contributed by atoms with E-state index in [4.69, 9.17) is 10.5 Å². The number of aryl methyl sites for hydroxylation is 1. The normalized spacial score (nSPS) is 17.7. The molecular formula is C12H16BrNO. The van der Waals surface area contributed by atoms with Crippen LogP contribution in [0.25, 0.3) is 0 Å². The summed E-state index contributed by atoms with van der Waals surface area (Å²) in [4.78, 5) is 0. The van der Waals surface area contributed by atoms with E-state index in [0.29, 0.717) is 0 Å². The van der Waals surface area contributed by atoms with Gasteiger partial charge >= 0.3 is 0 Å². The van der Waals surface area contributed by atoms with E-state index in [1.54, 1.807) is 7.11 Å². The Labute approximate surface area is 98.9 Å². The van der Waals surface area contributed by atoms with Crippen molar-refractivity contribution < 1.29 is 4.74 Å². The fourth-order valence-electron chi connectivity index (χ4n) is 2.10. The van der Waals surface area contributed by atoms with Gasteiger partial charge in [0.05, 0.1) is 7.11 Å². The van der Waals surface area contributed by atoms with Crippen LogP contribution in [0, 0.1) is 13.8 Å². The largest absolute Gasteiger partial charge is 0.496 e. The molecule has 1 aliphatic rings. The summed E-state index contributed by atoms with van der Waals surface area (Å²) in [5.41, 5.74) is 9.66. The van der Waals surface area contributed by atoms with Crippen LogP contribution in [0.2, 0.25) is 0 Å². The third-order valence-electron chi connectivity index (χ3n) is 3.15. The first kappa shape index (κ1) is 11.0. The van der Waals surface area contributed by atoms with Crippen LogP contribution in [-0.2, 0) is 5.54 Å². The Balaban J connectivity index is 2.68. The molecule has 1 aromatic carbocycles. The lowest BCUT2D eigenvalue weighted by atomic mass is 9.96. The van der Waals surface area contributed by atoms with E-state index in [0.717, 1.165) is 28.6 Å². The van der Waals surface area contributed by atoms with Crippen molar-refractivity contribution in [3.8, 4) is 5.75 Å². The minimum absolute atomic E-state index is 0.149. The zero-order valence-corrected chi connectivity index (χ0v) is 10.9. The molecule has 0 atom stereocenters. The lowest BCUT2D eigenvalue weighted by Crippen LogP contribution is -2.21. The molecule has 2 nitrogen and oxygen atoms in total. The highest BCUT2D eigenvalue weighted by Crippen LogP contribution is 2.50. The Morgan fingerprint density at radius 1 is 1.40 bits per heavy atom. The third-order valence-corrected chi connectivity index (χ3v) is 3.98. The van der Waals surface area contributed by atoms with Gasteiger partial charge in [-0.05, 0) is 43.9 Å². The Morgan fingerprint density at radius 2 is 2.00 bits per heavy atom. The van der Waals surface area contributed by atoms with Gasteiger partial charge < -0.3 is 10.5 Å². The molecule has 1 aliphatic carbocycles. The number of benzene rings is 1. The van der Waals surface area contributed by atoms with Gasteiger partial charge in [0.1, 0.15) is 5.75 Å². The van der Waals surface area contributed by atoms with Crippen molar-refractivity contribution in [3.05, 3.63) is 27.2 Å². The maximum Gasteiger partial charge on any atom is 0.127 e. The van der Waals surface area contributed by atoms with Gasteiger partial charge in [-0.15, -0.1) is 0 Å². The summed E-state index contributed by atoms with van der Waals surface area (Å²) in [6, 6.07) is 2.09. The minimum atomic E-state index is -0.149. The second kappa shape index (κ2) is 3.49. The molecule has 0 radical (unpaired) electrons. The molecule has 1 saturated carbocycles. The topological polar surface area (TPSA) is 35.2 Å². The van der Waals surface area contributed by atoms with Gasteiger partial charge in [-0.3, -0.25) is 0 Å². The average molecular weight is 270 g/mol. The Kier molecular flexibility index (Phi) is 2.55. The number of hydrogen-bond acceptors (Lipinski definition) is 2. The molecule has 1 aromatic rings. The summed E-state index contributed by atoms with van der Waals surface area (Å²) in [5.74, 6) is 0.954. The minimum Gasteiger partial charge on any atom is -0.496 e. The number of ether oxygens (including phenoxy) is 1. The first-order valence-corrected chi connectivity index (χ1v) is 5.92. The van der Waals surface area contributed by atoms with E-state index in [-0.39, 0.29) is 5.54 Å². The van der Waals surface area contributed by atoms with Gasteiger partial charge in [0, 0.05) is 15.6 Å². The second-order valence-electron chi connectivity index (χ2n) is 4.36. The molecule has 0 spiro atoms. The van der Waals surface area contributed by atoms with Crippen LogP contribution < -0.4 is 10.5 Å². The van der Waals surface area contributed by atoms with E-state index in [1.807, 2.05) is 0 Å². The van der Waals surface area contributed by atoms with E-state index in [2.05, 4.69) is 35.8 Å². The lowest BCUT2D eigenvalue weighted by molar-refractivity contribution is 0.400. The zero-order valence-electron chi connectivity index (χ0n) is 9.36. The SMILES string of the molecule is COc1c(C)cc(Br)c(C)c1C1(N)CC1. The van der Waals surface area contributed by atoms with Crippen LogP contribution >= 0.6 is 15.9 Å². The lowest BCUT2D eigenvalue weighted by Gasteiger charge is -2.20. The summed E-state index contributed by atoms with van der Waals surface area (Å²) in [6.07, 6.45) is 2.11. The van der Waals surface area contributed by atoms with Crippen molar-refractivity contribution in [1.29, 1.82) is 0 Å². The van der Waals surface area contributed by atoms with Crippen molar-refractivity contribution in [2.45, 2.75) is 32.2 Å². The average Bonchev–Trinajstić information content (AvgIpc) is 2.90. The molecule has 0 unspecified atom stereocenters. The van der Waals surface area contributed by atoms with Crippen LogP contribution in [0.4, 0.5) is 0 Å². The van der Waals surface area contributed by atoms with Gasteiger partial charge in [0.15, 0.2) is 0 Å². The molecule has 0 bridgehead atoms. The summed E-state index contributed by atoms with van der Waals surface area (Å²) in [7, 11) is 1.71. The monoisotopic (exact) mass is 269 g/mol. The van der Waals surface area contributed by atoms with Gasteiger partial charge in [-0.2, -0.15) is 0 Å². The molecule has 2 N–H and O–H groups in total. The van der Waals surface area contributed by atoms with Crippen LogP contribution in [0.1, 0.15) is 29.5 Å². The van der Waals surface area contributed by atoms with Gasteiger partial charge in [-0.25, -0.2) is 0 Å². The fourth-order valence-corrected chi connectivity index (χ4v) is 2.64. The van der Waals surface area contributed by atoms with Crippen LogP contribution in [-0.4, -0.2) is 7.11 Å². The number of hydrogen-bond donors (Lipinski definition) is 1. The molecule has 0 aliphatic heterocycles. The molecule has 0 aromatic heterocycles. The van der Waals surface area contributed by atoms with Gasteiger partial charge in [0.2, 0.25) is 0 Å². The van der Waals surface area contributed by atoms with Crippen LogP contribution in [0.3, 0.4) is 0 Å². The number of methoxy groups -OCH3 is 1. The van der Waals surface area contributed by atoms with Crippen molar-refractivity contribution >= 4 is 15.9 Å². The Hall–Kier alpha value is -0.540.